The second-order valence-electron chi connectivity index (χ2n) is 8.28. The van der Waals surface area contributed by atoms with Gasteiger partial charge in [-0.25, -0.2) is 13.4 Å². The van der Waals surface area contributed by atoms with E-state index < -0.39 is 10.0 Å². The third-order valence-corrected chi connectivity index (χ3v) is 7.86. The topological polar surface area (TPSA) is 78.4 Å². The van der Waals surface area contributed by atoms with E-state index in [0.29, 0.717) is 37.0 Å². The van der Waals surface area contributed by atoms with Crippen LogP contribution < -0.4 is 10.2 Å². The van der Waals surface area contributed by atoms with Gasteiger partial charge in [0.15, 0.2) is 0 Å². The number of anilines is 3. The van der Waals surface area contributed by atoms with Gasteiger partial charge in [0.05, 0.1) is 4.90 Å². The molecule has 3 aromatic rings. The van der Waals surface area contributed by atoms with Gasteiger partial charge in [-0.05, 0) is 62.6 Å². The van der Waals surface area contributed by atoms with Crippen molar-refractivity contribution in [1.82, 2.24) is 14.3 Å². The average molecular weight is 452 g/mol. The molecule has 0 bridgehead atoms. The first-order valence-electron chi connectivity index (χ1n) is 10.7. The molecular weight excluding hydrogens is 422 g/mol. The van der Waals surface area contributed by atoms with Gasteiger partial charge in [0.25, 0.3) is 0 Å². The highest BCUT2D eigenvalue weighted by Crippen LogP contribution is 2.25. The molecule has 32 heavy (non-hydrogen) atoms. The number of aryl methyl sites for hydroxylation is 4. The van der Waals surface area contributed by atoms with E-state index in [1.165, 1.54) is 0 Å². The van der Waals surface area contributed by atoms with Crippen LogP contribution in [0, 0.1) is 27.7 Å². The minimum atomic E-state index is -3.54. The second-order valence-corrected chi connectivity index (χ2v) is 10.2. The van der Waals surface area contributed by atoms with E-state index in [2.05, 4.69) is 15.3 Å². The molecule has 1 saturated heterocycles. The zero-order valence-electron chi connectivity index (χ0n) is 19.0. The normalized spacial score (nSPS) is 15.1. The SMILES string of the molecule is Cc1cc(Nc2ccccc2)nc(N2CCN(S(=O)(=O)c3cc(C)c(C)cc3C)CC2)n1. The first kappa shape index (κ1) is 22.2. The lowest BCUT2D eigenvalue weighted by atomic mass is 10.1. The van der Waals surface area contributed by atoms with Crippen molar-refractivity contribution >= 4 is 27.5 Å². The maximum atomic E-state index is 13.3. The number of sulfonamides is 1. The van der Waals surface area contributed by atoms with Gasteiger partial charge in [-0.1, -0.05) is 24.3 Å². The quantitative estimate of drug-likeness (QED) is 0.633. The smallest absolute Gasteiger partial charge is 0.243 e. The summed E-state index contributed by atoms with van der Waals surface area (Å²) in [5.41, 5.74) is 4.68. The first-order valence-corrected chi connectivity index (χ1v) is 12.2. The van der Waals surface area contributed by atoms with Crippen molar-refractivity contribution < 1.29 is 8.42 Å². The molecule has 0 aliphatic carbocycles. The van der Waals surface area contributed by atoms with E-state index >= 15 is 0 Å². The van der Waals surface area contributed by atoms with Gasteiger partial charge in [0.2, 0.25) is 16.0 Å². The van der Waals surface area contributed by atoms with Crippen LogP contribution in [0.15, 0.2) is 53.4 Å². The molecule has 1 aliphatic heterocycles. The predicted octanol–water partition coefficient (Wildman–Crippen LogP) is 3.96. The largest absolute Gasteiger partial charge is 0.340 e. The third-order valence-electron chi connectivity index (χ3n) is 5.82. The number of para-hydroxylation sites is 1. The summed E-state index contributed by atoms with van der Waals surface area (Å²) in [6.07, 6.45) is 0. The zero-order chi connectivity index (χ0) is 22.9. The van der Waals surface area contributed by atoms with Crippen molar-refractivity contribution in [3.63, 3.8) is 0 Å². The summed E-state index contributed by atoms with van der Waals surface area (Å²) in [7, 11) is -3.54. The molecule has 168 valence electrons. The summed E-state index contributed by atoms with van der Waals surface area (Å²) < 4.78 is 28.2. The Balaban J connectivity index is 1.50. The van der Waals surface area contributed by atoms with E-state index in [0.717, 1.165) is 33.9 Å². The number of piperazine rings is 1. The number of hydrogen-bond acceptors (Lipinski definition) is 6. The van der Waals surface area contributed by atoms with Crippen LogP contribution in [0.3, 0.4) is 0 Å². The fourth-order valence-electron chi connectivity index (χ4n) is 3.91. The molecule has 2 heterocycles. The van der Waals surface area contributed by atoms with Crippen LogP contribution in [-0.2, 0) is 10.0 Å². The molecule has 0 saturated carbocycles. The molecule has 0 radical (unpaired) electrons. The molecule has 0 amide bonds. The van der Waals surface area contributed by atoms with Crippen LogP contribution >= 0.6 is 0 Å². The molecule has 0 spiro atoms. The molecule has 8 heteroatoms. The van der Waals surface area contributed by atoms with E-state index in [1.807, 2.05) is 75.1 Å². The van der Waals surface area contributed by atoms with Crippen LogP contribution in [0.25, 0.3) is 0 Å². The third kappa shape index (κ3) is 4.61. The molecule has 2 aromatic carbocycles. The summed E-state index contributed by atoms with van der Waals surface area (Å²) >= 11 is 0. The number of benzene rings is 2. The zero-order valence-corrected chi connectivity index (χ0v) is 19.8. The highest BCUT2D eigenvalue weighted by Gasteiger charge is 2.30. The first-order chi connectivity index (χ1) is 15.2. The lowest BCUT2D eigenvalue weighted by Gasteiger charge is -2.34. The lowest BCUT2D eigenvalue weighted by Crippen LogP contribution is -2.49. The number of aromatic nitrogens is 2. The van der Waals surface area contributed by atoms with Crippen LogP contribution in [0.5, 0.6) is 0 Å². The summed E-state index contributed by atoms with van der Waals surface area (Å²) in [6, 6.07) is 15.5. The molecule has 1 aliphatic rings. The molecule has 1 N–H and O–H groups in total. The van der Waals surface area contributed by atoms with Crippen molar-refractivity contribution in [1.29, 1.82) is 0 Å². The Bertz CT molecular complexity index is 1220. The lowest BCUT2D eigenvalue weighted by molar-refractivity contribution is 0.382. The van der Waals surface area contributed by atoms with Gasteiger partial charge in [-0.3, -0.25) is 0 Å². The highest BCUT2D eigenvalue weighted by atomic mass is 32.2. The fourth-order valence-corrected chi connectivity index (χ4v) is 5.62. The average Bonchev–Trinajstić information content (AvgIpc) is 2.76. The molecular formula is C24H29N5O2S. The number of rotatable bonds is 5. The predicted molar refractivity (Wildman–Crippen MR) is 128 cm³/mol. The fraction of sp³-hybridized carbons (Fsp3) is 0.333. The minimum Gasteiger partial charge on any atom is -0.340 e. The van der Waals surface area contributed by atoms with Crippen LogP contribution in [0.4, 0.5) is 17.5 Å². The van der Waals surface area contributed by atoms with Crippen LogP contribution in [-0.4, -0.2) is 48.9 Å². The Morgan fingerprint density at radius 3 is 2.16 bits per heavy atom. The van der Waals surface area contributed by atoms with Gasteiger partial charge < -0.3 is 10.2 Å². The molecule has 1 aromatic heterocycles. The Morgan fingerprint density at radius 2 is 1.47 bits per heavy atom. The van der Waals surface area contributed by atoms with Crippen molar-refractivity contribution in [2.75, 3.05) is 36.4 Å². The van der Waals surface area contributed by atoms with Crippen LogP contribution in [0.1, 0.15) is 22.4 Å². The van der Waals surface area contributed by atoms with Crippen LogP contribution in [0.2, 0.25) is 0 Å². The van der Waals surface area contributed by atoms with Crippen molar-refractivity contribution in [3.05, 3.63) is 70.9 Å². The van der Waals surface area contributed by atoms with E-state index in [1.54, 1.807) is 10.4 Å². The Morgan fingerprint density at radius 1 is 0.812 bits per heavy atom. The summed E-state index contributed by atoms with van der Waals surface area (Å²) in [5.74, 6) is 1.34. The maximum Gasteiger partial charge on any atom is 0.243 e. The number of hydrogen-bond donors (Lipinski definition) is 1. The molecule has 7 nitrogen and oxygen atoms in total. The highest BCUT2D eigenvalue weighted by molar-refractivity contribution is 7.89. The number of nitrogens with zero attached hydrogens (tertiary/aromatic N) is 4. The minimum absolute atomic E-state index is 0.396. The Hall–Kier alpha value is -2.97. The summed E-state index contributed by atoms with van der Waals surface area (Å²) in [5, 5.41) is 3.31. The maximum absolute atomic E-state index is 13.3. The summed E-state index contributed by atoms with van der Waals surface area (Å²) in [4.78, 5) is 11.7. The van der Waals surface area contributed by atoms with E-state index in [4.69, 9.17) is 0 Å². The van der Waals surface area contributed by atoms with Gasteiger partial charge in [-0.15, -0.1) is 0 Å². The second kappa shape index (κ2) is 8.88. The van der Waals surface area contributed by atoms with Gasteiger partial charge in [0, 0.05) is 43.6 Å². The molecule has 0 unspecified atom stereocenters. The monoisotopic (exact) mass is 451 g/mol. The van der Waals surface area contributed by atoms with E-state index in [-0.39, 0.29) is 0 Å². The van der Waals surface area contributed by atoms with Crippen molar-refractivity contribution in [2.45, 2.75) is 32.6 Å². The van der Waals surface area contributed by atoms with E-state index in [9.17, 15) is 8.42 Å². The molecule has 0 atom stereocenters. The molecule has 4 rings (SSSR count). The standard InChI is InChI=1S/C24H29N5O2S/c1-17-14-19(3)22(15-18(17)2)32(30,31)29-12-10-28(11-13-29)24-25-20(4)16-23(27-24)26-21-8-6-5-7-9-21/h5-9,14-16H,10-13H2,1-4H3,(H,25,26,27). The molecule has 1 fully saturated rings. The Labute approximate surface area is 190 Å². The number of nitrogens with one attached hydrogen (secondary N) is 1. The van der Waals surface area contributed by atoms with Gasteiger partial charge in [0.1, 0.15) is 5.82 Å². The van der Waals surface area contributed by atoms with Gasteiger partial charge in [-0.2, -0.15) is 9.29 Å². The van der Waals surface area contributed by atoms with Gasteiger partial charge >= 0.3 is 0 Å². The Kier molecular flexibility index (Phi) is 6.17. The summed E-state index contributed by atoms with van der Waals surface area (Å²) in [6.45, 7) is 9.61. The van der Waals surface area contributed by atoms with Crippen molar-refractivity contribution in [3.8, 4) is 0 Å². The van der Waals surface area contributed by atoms with Crippen molar-refractivity contribution in [2.24, 2.45) is 0 Å².